The summed E-state index contributed by atoms with van der Waals surface area (Å²) in [6.45, 7) is 9.31. The van der Waals surface area contributed by atoms with Gasteiger partial charge in [-0.1, -0.05) is 0 Å². The average Bonchev–Trinajstić information content (AvgIpc) is 3.40. The summed E-state index contributed by atoms with van der Waals surface area (Å²) < 4.78 is 25.3. The van der Waals surface area contributed by atoms with Gasteiger partial charge in [-0.25, -0.2) is 8.42 Å². The van der Waals surface area contributed by atoms with Gasteiger partial charge in [0.2, 0.25) is 0 Å². The van der Waals surface area contributed by atoms with Gasteiger partial charge in [0.05, 0.1) is 23.9 Å². The molecule has 4 rings (SSSR count). The lowest BCUT2D eigenvalue weighted by Gasteiger charge is -2.32. The van der Waals surface area contributed by atoms with E-state index in [0.717, 1.165) is 63.3 Å². The number of hydrogen-bond donors (Lipinski definition) is 2. The number of aryl methyl sites for hydroxylation is 2. The second-order valence-electron chi connectivity index (χ2n) is 9.28. The lowest BCUT2D eigenvalue weighted by molar-refractivity contribution is 0.220. The summed E-state index contributed by atoms with van der Waals surface area (Å²) >= 11 is 0. The molecular weight excluding hydrogens is 412 g/mol. The molecule has 0 spiro atoms. The van der Waals surface area contributed by atoms with Crippen molar-refractivity contribution in [3.05, 3.63) is 34.9 Å². The Hall–Kier alpha value is -1.71. The average molecular weight is 449 g/mol. The first kappa shape index (κ1) is 22.5. The zero-order valence-electron chi connectivity index (χ0n) is 18.8. The molecule has 0 aromatic carbocycles. The molecule has 2 aliphatic rings. The quantitative estimate of drug-likeness (QED) is 0.643. The zero-order valence-corrected chi connectivity index (χ0v) is 19.6. The molecule has 0 atom stereocenters. The topological polar surface area (TPSA) is 98.0 Å². The Labute approximate surface area is 185 Å². The summed E-state index contributed by atoms with van der Waals surface area (Å²) in [5, 5.41) is 14.3. The Bertz CT molecular complexity index is 867. The fourth-order valence-corrected chi connectivity index (χ4v) is 6.39. The van der Waals surface area contributed by atoms with Gasteiger partial charge in [-0.15, -0.1) is 0 Å². The number of aromatic nitrogens is 4. The number of nitrogens with zero attached hydrogens (tertiary/aromatic N) is 4. The largest absolute Gasteiger partial charge is 0.302 e. The van der Waals surface area contributed by atoms with Crippen molar-refractivity contribution in [1.82, 2.24) is 30.2 Å². The first-order chi connectivity index (χ1) is 14.9. The van der Waals surface area contributed by atoms with E-state index in [1.54, 1.807) is 0 Å². The van der Waals surface area contributed by atoms with Crippen molar-refractivity contribution >= 4 is 9.84 Å². The van der Waals surface area contributed by atoms with Gasteiger partial charge in [0.15, 0.2) is 9.84 Å². The lowest BCUT2D eigenvalue weighted by atomic mass is 9.90. The lowest BCUT2D eigenvalue weighted by Crippen LogP contribution is -2.39. The van der Waals surface area contributed by atoms with Gasteiger partial charge in [-0.2, -0.15) is 10.2 Å². The van der Waals surface area contributed by atoms with E-state index in [1.165, 1.54) is 11.1 Å². The van der Waals surface area contributed by atoms with Crippen LogP contribution < -0.4 is 0 Å². The van der Waals surface area contributed by atoms with Gasteiger partial charge >= 0.3 is 0 Å². The number of likely N-dealkylation sites (tertiary alicyclic amines) is 2. The van der Waals surface area contributed by atoms with Crippen molar-refractivity contribution in [1.29, 1.82) is 0 Å². The minimum atomic E-state index is -3.02. The minimum absolute atomic E-state index is 0.271. The van der Waals surface area contributed by atoms with Crippen LogP contribution in [-0.4, -0.2) is 89.4 Å². The molecule has 4 heterocycles. The molecule has 2 N–H and O–H groups in total. The molecular formula is C22H36N6O2S. The summed E-state index contributed by atoms with van der Waals surface area (Å²) in [5.41, 5.74) is 4.95. The van der Waals surface area contributed by atoms with Crippen LogP contribution in [-0.2, 0) is 9.84 Å². The van der Waals surface area contributed by atoms with E-state index in [0.29, 0.717) is 24.9 Å². The van der Waals surface area contributed by atoms with Crippen LogP contribution in [0.4, 0.5) is 0 Å². The Morgan fingerprint density at radius 1 is 0.806 bits per heavy atom. The first-order valence-electron chi connectivity index (χ1n) is 11.6. The van der Waals surface area contributed by atoms with Crippen LogP contribution in [0.25, 0.3) is 0 Å². The van der Waals surface area contributed by atoms with Gasteiger partial charge < -0.3 is 9.80 Å². The molecule has 2 saturated heterocycles. The second-order valence-corrected chi connectivity index (χ2v) is 11.6. The fraction of sp³-hybridized carbons (Fsp3) is 0.727. The number of rotatable bonds is 8. The molecule has 0 aliphatic carbocycles. The molecule has 0 saturated carbocycles. The second kappa shape index (κ2) is 9.83. The molecule has 0 radical (unpaired) electrons. The van der Waals surface area contributed by atoms with Crippen LogP contribution in [0.3, 0.4) is 0 Å². The predicted molar refractivity (Wildman–Crippen MR) is 122 cm³/mol. The summed E-state index contributed by atoms with van der Waals surface area (Å²) in [4.78, 5) is 4.62. The highest BCUT2D eigenvalue weighted by molar-refractivity contribution is 7.91. The van der Waals surface area contributed by atoms with Crippen LogP contribution in [0.5, 0.6) is 0 Å². The van der Waals surface area contributed by atoms with E-state index in [9.17, 15) is 8.42 Å². The monoisotopic (exact) mass is 448 g/mol. The van der Waals surface area contributed by atoms with E-state index in [4.69, 9.17) is 0 Å². The van der Waals surface area contributed by atoms with E-state index in [2.05, 4.69) is 44.0 Å². The van der Waals surface area contributed by atoms with Gasteiger partial charge in [0.25, 0.3) is 0 Å². The van der Waals surface area contributed by atoms with Gasteiger partial charge in [0, 0.05) is 24.5 Å². The molecule has 0 unspecified atom stereocenters. The normalized spacial score (nSPS) is 20.5. The Morgan fingerprint density at radius 3 is 1.52 bits per heavy atom. The van der Waals surface area contributed by atoms with E-state index >= 15 is 0 Å². The van der Waals surface area contributed by atoms with E-state index in [1.807, 2.05) is 12.4 Å². The van der Waals surface area contributed by atoms with Crippen molar-refractivity contribution in [2.24, 2.45) is 0 Å². The number of sulfone groups is 1. The Morgan fingerprint density at radius 2 is 1.19 bits per heavy atom. The molecule has 0 bridgehead atoms. The van der Waals surface area contributed by atoms with Crippen molar-refractivity contribution in [2.75, 3.05) is 50.8 Å². The maximum absolute atomic E-state index is 12.6. The summed E-state index contributed by atoms with van der Waals surface area (Å²) in [6.07, 6.45) is 8.19. The number of aromatic amines is 2. The van der Waals surface area contributed by atoms with E-state index in [-0.39, 0.29) is 11.5 Å². The van der Waals surface area contributed by atoms with Crippen LogP contribution in [0.1, 0.15) is 60.0 Å². The van der Waals surface area contributed by atoms with Crippen LogP contribution >= 0.6 is 0 Å². The summed E-state index contributed by atoms with van der Waals surface area (Å²) in [5.74, 6) is 1.63. The summed E-state index contributed by atoms with van der Waals surface area (Å²) in [7, 11) is -3.02. The van der Waals surface area contributed by atoms with Crippen LogP contribution in [0, 0.1) is 13.8 Å². The molecule has 8 nitrogen and oxygen atoms in total. The third kappa shape index (κ3) is 5.75. The van der Waals surface area contributed by atoms with Crippen LogP contribution in [0.15, 0.2) is 12.4 Å². The van der Waals surface area contributed by atoms with Gasteiger partial charge in [-0.05, 0) is 88.7 Å². The molecule has 31 heavy (non-hydrogen) atoms. The molecule has 2 aliphatic heterocycles. The molecule has 2 fully saturated rings. The molecule has 0 amide bonds. The smallest absolute Gasteiger partial charge is 0.152 e. The Balaban J connectivity index is 1.15. The standard InChI is InChI=1S/C22H36N6O2S/c1-17-21(15-23-25-17)19-3-7-27(8-4-19)11-13-31(29,30)14-12-28-9-5-20(6-10-28)22-16-24-26-18(22)2/h15-16,19-20H,3-14H2,1-2H3,(H,23,25)(H,24,26). The van der Waals surface area contributed by atoms with Crippen molar-refractivity contribution < 1.29 is 8.42 Å². The predicted octanol–water partition coefficient (Wildman–Crippen LogP) is 2.22. The number of piperidine rings is 2. The number of nitrogens with one attached hydrogen (secondary N) is 2. The first-order valence-corrected chi connectivity index (χ1v) is 13.4. The SMILES string of the molecule is Cc1[nH]ncc1C1CCN(CCS(=O)(=O)CCN2CCC(c3cn[nH]c3C)CC2)CC1. The third-order valence-electron chi connectivity index (χ3n) is 7.23. The zero-order chi connectivity index (χ0) is 21.8. The molecule has 9 heteroatoms. The number of hydrogen-bond acceptors (Lipinski definition) is 6. The van der Waals surface area contributed by atoms with E-state index < -0.39 is 9.84 Å². The maximum Gasteiger partial charge on any atom is 0.152 e. The molecule has 2 aromatic rings. The molecule has 172 valence electrons. The highest BCUT2D eigenvalue weighted by Crippen LogP contribution is 2.30. The third-order valence-corrected chi connectivity index (χ3v) is 8.84. The van der Waals surface area contributed by atoms with Crippen molar-refractivity contribution in [3.8, 4) is 0 Å². The van der Waals surface area contributed by atoms with Crippen molar-refractivity contribution in [2.45, 2.75) is 51.4 Å². The summed E-state index contributed by atoms with van der Waals surface area (Å²) in [6, 6.07) is 0. The van der Waals surface area contributed by atoms with Crippen LogP contribution in [0.2, 0.25) is 0 Å². The maximum atomic E-state index is 12.6. The van der Waals surface area contributed by atoms with Gasteiger partial charge in [0.1, 0.15) is 0 Å². The number of H-pyrrole nitrogens is 2. The van der Waals surface area contributed by atoms with Crippen molar-refractivity contribution in [3.63, 3.8) is 0 Å². The Kier molecular flexibility index (Phi) is 7.13. The minimum Gasteiger partial charge on any atom is -0.302 e. The molecule has 2 aromatic heterocycles. The highest BCUT2D eigenvalue weighted by Gasteiger charge is 2.26. The fourth-order valence-electron chi connectivity index (χ4n) is 5.12. The van der Waals surface area contributed by atoms with Gasteiger partial charge in [-0.3, -0.25) is 10.2 Å². The highest BCUT2D eigenvalue weighted by atomic mass is 32.2.